The molecule has 3 aromatic rings. The maximum atomic E-state index is 15.4. The smallest absolute Gasteiger partial charge is 0.321 e. The summed E-state index contributed by atoms with van der Waals surface area (Å²) in [7, 11) is 1.55. The zero-order valence-corrected chi connectivity index (χ0v) is 21.0. The van der Waals surface area contributed by atoms with Crippen molar-refractivity contribution in [3.63, 3.8) is 0 Å². The van der Waals surface area contributed by atoms with E-state index in [0.29, 0.717) is 30.6 Å². The molecule has 3 atom stereocenters. The molecule has 2 N–H and O–H groups in total. The van der Waals surface area contributed by atoms with Gasteiger partial charge in [-0.15, -0.1) is 0 Å². The summed E-state index contributed by atoms with van der Waals surface area (Å²) in [6, 6.07) is 10.9. The molecule has 0 bridgehead atoms. The standard InChI is InChI=1S/C28H30F3N5O2/c1-34(26-9-10-35(16-25(26)31)15-22-13-32-18-33-22)27(38)36-14-19(23-11-21(29)7-8-24(23)30)12-28(36,17-37)20-5-3-2-4-6-20/h2-8,11-13,18,25-26,37H,9-10,14-17H2,1H3,(H,32,33)/t25?,26?,28-/m1/s1. The Labute approximate surface area is 219 Å². The van der Waals surface area contributed by atoms with Gasteiger partial charge in [-0.05, 0) is 41.8 Å². The number of urea groups is 1. The van der Waals surface area contributed by atoms with Crippen molar-refractivity contribution in [3.05, 3.63) is 95.6 Å². The second-order valence-electron chi connectivity index (χ2n) is 9.91. The van der Waals surface area contributed by atoms with E-state index in [-0.39, 0.29) is 18.7 Å². The molecule has 3 heterocycles. The molecule has 200 valence electrons. The fraction of sp³-hybridized carbons (Fsp3) is 0.357. The van der Waals surface area contributed by atoms with Gasteiger partial charge < -0.3 is 19.9 Å². The topological polar surface area (TPSA) is 75.7 Å². The van der Waals surface area contributed by atoms with Crippen molar-refractivity contribution in [2.45, 2.75) is 30.7 Å². The van der Waals surface area contributed by atoms with Crippen LogP contribution in [0, 0.1) is 11.6 Å². The lowest BCUT2D eigenvalue weighted by Crippen LogP contribution is -2.58. The summed E-state index contributed by atoms with van der Waals surface area (Å²) in [5, 5.41) is 10.7. The van der Waals surface area contributed by atoms with Crippen molar-refractivity contribution in [1.82, 2.24) is 24.7 Å². The second kappa shape index (κ2) is 10.6. The first kappa shape index (κ1) is 26.0. The fourth-order valence-electron chi connectivity index (χ4n) is 5.54. The number of carbonyl (C=O) groups is 1. The molecule has 1 fully saturated rings. The van der Waals surface area contributed by atoms with E-state index in [0.717, 1.165) is 23.9 Å². The average Bonchev–Trinajstić information content (AvgIpc) is 3.58. The molecule has 2 aromatic carbocycles. The van der Waals surface area contributed by atoms with Gasteiger partial charge in [0.05, 0.1) is 19.0 Å². The number of nitrogens with one attached hydrogen (secondary N) is 1. The SMILES string of the molecule is CN(C(=O)N1CC(c2cc(F)ccc2F)=C[C@@]1(CO)c1ccccc1)C1CCN(Cc2cnc[nH]2)CC1F. The molecule has 2 unspecified atom stereocenters. The van der Waals surface area contributed by atoms with Crippen LogP contribution < -0.4 is 0 Å². The lowest BCUT2D eigenvalue weighted by molar-refractivity contribution is 0.0332. The van der Waals surface area contributed by atoms with E-state index < -0.39 is 42.0 Å². The van der Waals surface area contributed by atoms with E-state index >= 15 is 4.39 Å². The number of aromatic nitrogens is 2. The van der Waals surface area contributed by atoms with Crippen molar-refractivity contribution in [2.24, 2.45) is 0 Å². The summed E-state index contributed by atoms with van der Waals surface area (Å²) in [4.78, 5) is 25.7. The number of aliphatic hydroxyl groups excluding tert-OH is 1. The molecule has 10 heteroatoms. The van der Waals surface area contributed by atoms with Crippen molar-refractivity contribution < 1.29 is 23.1 Å². The second-order valence-corrected chi connectivity index (χ2v) is 9.91. The molecule has 2 aliphatic heterocycles. The van der Waals surface area contributed by atoms with Gasteiger partial charge in [0.15, 0.2) is 0 Å². The highest BCUT2D eigenvalue weighted by Gasteiger charge is 2.47. The van der Waals surface area contributed by atoms with Gasteiger partial charge >= 0.3 is 6.03 Å². The van der Waals surface area contributed by atoms with E-state index in [2.05, 4.69) is 9.97 Å². The first-order chi connectivity index (χ1) is 18.3. The zero-order chi connectivity index (χ0) is 26.9. The van der Waals surface area contributed by atoms with E-state index in [4.69, 9.17) is 0 Å². The number of hydrogen-bond donors (Lipinski definition) is 2. The van der Waals surface area contributed by atoms with Crippen LogP contribution in [0.2, 0.25) is 0 Å². The van der Waals surface area contributed by atoms with Crippen LogP contribution in [0.25, 0.3) is 5.57 Å². The highest BCUT2D eigenvalue weighted by atomic mass is 19.1. The third-order valence-electron chi connectivity index (χ3n) is 7.58. The molecule has 0 aliphatic carbocycles. The summed E-state index contributed by atoms with van der Waals surface area (Å²) in [5.41, 5.74) is 0.562. The number of aromatic amines is 1. The number of H-pyrrole nitrogens is 1. The highest BCUT2D eigenvalue weighted by molar-refractivity contribution is 5.83. The quantitative estimate of drug-likeness (QED) is 0.511. The molecule has 0 radical (unpaired) electrons. The number of alkyl halides is 1. The van der Waals surface area contributed by atoms with Gasteiger partial charge in [-0.25, -0.2) is 22.9 Å². The molecule has 7 nitrogen and oxygen atoms in total. The number of rotatable bonds is 6. The van der Waals surface area contributed by atoms with Crippen LogP contribution in [0.4, 0.5) is 18.0 Å². The Balaban J connectivity index is 1.42. The normalized spacial score (nSPS) is 23.9. The molecule has 2 amide bonds. The predicted molar refractivity (Wildman–Crippen MR) is 137 cm³/mol. The fourth-order valence-corrected chi connectivity index (χ4v) is 5.54. The van der Waals surface area contributed by atoms with Gasteiger partial charge in [-0.3, -0.25) is 4.90 Å². The summed E-state index contributed by atoms with van der Waals surface area (Å²) in [5.74, 6) is -1.24. The number of benzene rings is 2. The third-order valence-corrected chi connectivity index (χ3v) is 7.58. The summed E-state index contributed by atoms with van der Waals surface area (Å²) >= 11 is 0. The Morgan fingerprint density at radius 3 is 2.71 bits per heavy atom. The van der Waals surface area contributed by atoms with Crippen LogP contribution in [0.5, 0.6) is 0 Å². The Kier molecular flexibility index (Phi) is 7.27. The molecule has 1 aromatic heterocycles. The zero-order valence-electron chi connectivity index (χ0n) is 21.0. The van der Waals surface area contributed by atoms with Crippen LogP contribution in [0.1, 0.15) is 23.2 Å². The predicted octanol–water partition coefficient (Wildman–Crippen LogP) is 3.94. The van der Waals surface area contributed by atoms with E-state index in [1.165, 1.54) is 9.80 Å². The molecule has 0 saturated carbocycles. The molecule has 38 heavy (non-hydrogen) atoms. The molecule has 5 rings (SSSR count). The van der Waals surface area contributed by atoms with Gasteiger partial charge in [0.1, 0.15) is 23.3 Å². The molecular formula is C28H30F3N5O2. The number of hydrogen-bond acceptors (Lipinski definition) is 4. The van der Waals surface area contributed by atoms with Gasteiger partial charge in [0.25, 0.3) is 0 Å². The molecular weight excluding hydrogens is 495 g/mol. The van der Waals surface area contributed by atoms with Crippen LogP contribution in [0.15, 0.2) is 67.1 Å². The number of amides is 2. The third kappa shape index (κ3) is 4.81. The highest BCUT2D eigenvalue weighted by Crippen LogP contribution is 2.41. The minimum Gasteiger partial charge on any atom is -0.393 e. The minimum atomic E-state index is -1.33. The number of likely N-dealkylation sites (tertiary alicyclic amines) is 1. The minimum absolute atomic E-state index is 0.0205. The summed E-state index contributed by atoms with van der Waals surface area (Å²) < 4.78 is 44.2. The van der Waals surface area contributed by atoms with Crippen molar-refractivity contribution >= 4 is 11.6 Å². The number of aliphatic hydroxyl groups is 1. The molecule has 0 spiro atoms. The number of nitrogens with zero attached hydrogens (tertiary/aromatic N) is 4. The summed E-state index contributed by atoms with van der Waals surface area (Å²) in [6.07, 6.45) is 4.02. The van der Waals surface area contributed by atoms with Gasteiger partial charge in [-0.2, -0.15) is 0 Å². The lowest BCUT2D eigenvalue weighted by atomic mass is 9.89. The lowest BCUT2D eigenvalue weighted by Gasteiger charge is -2.43. The maximum absolute atomic E-state index is 15.4. The Morgan fingerprint density at radius 2 is 2.03 bits per heavy atom. The number of piperidine rings is 1. The van der Waals surface area contributed by atoms with E-state index in [1.807, 2.05) is 11.0 Å². The van der Waals surface area contributed by atoms with E-state index in [9.17, 15) is 18.7 Å². The van der Waals surface area contributed by atoms with Crippen LogP contribution in [0.3, 0.4) is 0 Å². The van der Waals surface area contributed by atoms with Gasteiger partial charge in [-0.1, -0.05) is 30.3 Å². The van der Waals surface area contributed by atoms with Crippen LogP contribution in [-0.2, 0) is 12.1 Å². The van der Waals surface area contributed by atoms with Crippen molar-refractivity contribution in [1.29, 1.82) is 0 Å². The van der Waals surface area contributed by atoms with Crippen molar-refractivity contribution in [2.75, 3.05) is 33.3 Å². The first-order valence-corrected chi connectivity index (χ1v) is 12.5. The molecule has 1 saturated heterocycles. The first-order valence-electron chi connectivity index (χ1n) is 12.5. The largest absolute Gasteiger partial charge is 0.393 e. The average molecular weight is 526 g/mol. The van der Waals surface area contributed by atoms with E-state index in [1.54, 1.807) is 49.9 Å². The number of imidazole rings is 1. The van der Waals surface area contributed by atoms with Crippen LogP contribution >= 0.6 is 0 Å². The Hall–Kier alpha value is -3.63. The Bertz CT molecular complexity index is 1300. The van der Waals surface area contributed by atoms with Gasteiger partial charge in [0.2, 0.25) is 0 Å². The van der Waals surface area contributed by atoms with Crippen LogP contribution in [-0.4, -0.2) is 81.3 Å². The van der Waals surface area contributed by atoms with Crippen molar-refractivity contribution in [3.8, 4) is 0 Å². The number of carbonyl (C=O) groups excluding carboxylic acids is 1. The molecule has 2 aliphatic rings. The van der Waals surface area contributed by atoms with Gasteiger partial charge in [0, 0.05) is 50.7 Å². The number of halogens is 3. The maximum Gasteiger partial charge on any atom is 0.321 e. The summed E-state index contributed by atoms with van der Waals surface area (Å²) in [6.45, 7) is 0.713. The monoisotopic (exact) mass is 525 g/mol. The Morgan fingerprint density at radius 1 is 1.24 bits per heavy atom.